The quantitative estimate of drug-likeness (QED) is 0.845. The number of aromatic nitrogens is 2. The molecule has 0 radical (unpaired) electrons. The molecule has 0 bridgehead atoms. The van der Waals surface area contributed by atoms with Crippen LogP contribution in [-0.4, -0.2) is 40.7 Å². The third-order valence-electron chi connectivity index (χ3n) is 3.05. The van der Waals surface area contributed by atoms with E-state index >= 15 is 0 Å². The van der Waals surface area contributed by atoms with E-state index < -0.39 is 17.6 Å². The SMILES string of the molecule is CC(C)(C)OC(N)=O.C[C@@H]1CCN(c2cnc(C(N)=O)cn2)C1. The third kappa shape index (κ3) is 6.94. The number of anilines is 1. The molecule has 1 fully saturated rings. The molecule has 0 saturated carbocycles. The maximum atomic E-state index is 10.8. The molecule has 0 aromatic carbocycles. The molecule has 1 aromatic rings. The van der Waals surface area contributed by atoms with Crippen molar-refractivity contribution in [2.75, 3.05) is 18.0 Å². The lowest BCUT2D eigenvalue weighted by atomic mass is 10.2. The van der Waals surface area contributed by atoms with Gasteiger partial charge in [-0.15, -0.1) is 0 Å². The Labute approximate surface area is 136 Å². The zero-order valence-corrected chi connectivity index (χ0v) is 14.1. The lowest BCUT2D eigenvalue weighted by molar-refractivity contribution is 0.0600. The van der Waals surface area contributed by atoms with Gasteiger partial charge in [0.1, 0.15) is 17.1 Å². The van der Waals surface area contributed by atoms with E-state index in [1.54, 1.807) is 27.0 Å². The van der Waals surface area contributed by atoms with E-state index in [1.807, 2.05) is 0 Å². The van der Waals surface area contributed by atoms with Crippen molar-refractivity contribution in [3.8, 4) is 0 Å². The highest BCUT2D eigenvalue weighted by molar-refractivity contribution is 5.90. The highest BCUT2D eigenvalue weighted by Crippen LogP contribution is 2.20. The zero-order chi connectivity index (χ0) is 17.6. The number of nitrogens with two attached hydrogens (primary N) is 2. The number of hydrogen-bond donors (Lipinski definition) is 2. The van der Waals surface area contributed by atoms with Gasteiger partial charge in [0.25, 0.3) is 5.91 Å². The number of carbonyl (C=O) groups is 2. The molecular weight excluding hydrogens is 298 g/mol. The van der Waals surface area contributed by atoms with Crippen molar-refractivity contribution >= 4 is 17.8 Å². The number of hydrogen-bond acceptors (Lipinski definition) is 6. The first-order valence-electron chi connectivity index (χ1n) is 7.43. The lowest BCUT2D eigenvalue weighted by Crippen LogP contribution is -2.27. The van der Waals surface area contributed by atoms with Crippen LogP contribution in [-0.2, 0) is 4.74 Å². The molecule has 128 valence electrons. The molecule has 1 aliphatic heterocycles. The van der Waals surface area contributed by atoms with Crippen LogP contribution in [0.5, 0.6) is 0 Å². The number of carbonyl (C=O) groups excluding carboxylic acids is 2. The largest absolute Gasteiger partial charge is 0.444 e. The summed E-state index contributed by atoms with van der Waals surface area (Å²) in [5, 5.41) is 0. The normalized spacial score (nSPS) is 17.2. The van der Waals surface area contributed by atoms with E-state index in [1.165, 1.54) is 12.6 Å². The van der Waals surface area contributed by atoms with Gasteiger partial charge in [0, 0.05) is 13.1 Å². The topological polar surface area (TPSA) is 124 Å². The second kappa shape index (κ2) is 7.75. The Morgan fingerprint density at radius 2 is 1.91 bits per heavy atom. The van der Waals surface area contributed by atoms with E-state index in [2.05, 4.69) is 26.5 Å². The Bertz CT molecular complexity index is 539. The Hall–Kier alpha value is -2.38. The minimum Gasteiger partial charge on any atom is -0.444 e. The highest BCUT2D eigenvalue weighted by atomic mass is 16.6. The Kier molecular flexibility index (Phi) is 6.29. The highest BCUT2D eigenvalue weighted by Gasteiger charge is 2.20. The molecule has 0 aliphatic carbocycles. The Morgan fingerprint density at radius 1 is 1.26 bits per heavy atom. The molecule has 1 atom stereocenters. The molecule has 1 aromatic heterocycles. The Morgan fingerprint density at radius 3 is 2.22 bits per heavy atom. The average Bonchev–Trinajstić information content (AvgIpc) is 2.83. The van der Waals surface area contributed by atoms with Gasteiger partial charge in [-0.1, -0.05) is 6.92 Å². The van der Waals surface area contributed by atoms with Crippen LogP contribution in [0.25, 0.3) is 0 Å². The third-order valence-corrected chi connectivity index (χ3v) is 3.05. The second-order valence-electron chi connectivity index (χ2n) is 6.50. The first kappa shape index (κ1) is 18.7. The summed E-state index contributed by atoms with van der Waals surface area (Å²) in [4.78, 5) is 31.1. The first-order chi connectivity index (χ1) is 10.6. The molecule has 8 heteroatoms. The van der Waals surface area contributed by atoms with E-state index in [9.17, 15) is 9.59 Å². The lowest BCUT2D eigenvalue weighted by Gasteiger charge is -2.16. The summed E-state index contributed by atoms with van der Waals surface area (Å²) in [6, 6.07) is 0. The minimum atomic E-state index is -0.725. The van der Waals surface area contributed by atoms with Crippen molar-refractivity contribution in [3.05, 3.63) is 18.1 Å². The molecule has 2 heterocycles. The molecule has 2 amide bonds. The molecule has 0 spiro atoms. The van der Waals surface area contributed by atoms with Gasteiger partial charge < -0.3 is 21.1 Å². The average molecular weight is 323 g/mol. The van der Waals surface area contributed by atoms with E-state index in [0.717, 1.165) is 18.9 Å². The summed E-state index contributed by atoms with van der Waals surface area (Å²) in [6.45, 7) is 9.51. The predicted octanol–water partition coefficient (Wildman–Crippen LogP) is 1.30. The summed E-state index contributed by atoms with van der Waals surface area (Å²) < 4.78 is 4.58. The monoisotopic (exact) mass is 323 g/mol. The summed E-state index contributed by atoms with van der Waals surface area (Å²) >= 11 is 0. The molecular formula is C15H25N5O3. The number of amides is 2. The van der Waals surface area contributed by atoms with E-state index in [4.69, 9.17) is 11.5 Å². The van der Waals surface area contributed by atoms with Crippen LogP contribution >= 0.6 is 0 Å². The fourth-order valence-corrected chi connectivity index (χ4v) is 2.06. The molecule has 23 heavy (non-hydrogen) atoms. The zero-order valence-electron chi connectivity index (χ0n) is 14.1. The molecule has 4 N–H and O–H groups in total. The van der Waals surface area contributed by atoms with Crippen molar-refractivity contribution in [3.63, 3.8) is 0 Å². The van der Waals surface area contributed by atoms with Crippen molar-refractivity contribution in [1.82, 2.24) is 9.97 Å². The summed E-state index contributed by atoms with van der Waals surface area (Å²) in [5.74, 6) is 0.982. The van der Waals surface area contributed by atoms with Gasteiger partial charge in [0.05, 0.1) is 12.4 Å². The van der Waals surface area contributed by atoms with Crippen LogP contribution in [0.15, 0.2) is 12.4 Å². The van der Waals surface area contributed by atoms with Crippen LogP contribution in [0.3, 0.4) is 0 Å². The fraction of sp³-hybridized carbons (Fsp3) is 0.600. The van der Waals surface area contributed by atoms with Gasteiger partial charge >= 0.3 is 6.09 Å². The van der Waals surface area contributed by atoms with Crippen LogP contribution in [0.1, 0.15) is 44.6 Å². The predicted molar refractivity (Wildman–Crippen MR) is 87.0 cm³/mol. The van der Waals surface area contributed by atoms with Crippen molar-refractivity contribution in [2.45, 2.75) is 39.7 Å². The molecule has 8 nitrogen and oxygen atoms in total. The smallest absolute Gasteiger partial charge is 0.405 e. The van der Waals surface area contributed by atoms with E-state index in [-0.39, 0.29) is 5.69 Å². The number of rotatable bonds is 2. The molecule has 1 saturated heterocycles. The van der Waals surface area contributed by atoms with Gasteiger partial charge in [-0.2, -0.15) is 0 Å². The van der Waals surface area contributed by atoms with Gasteiger partial charge in [0.2, 0.25) is 0 Å². The van der Waals surface area contributed by atoms with Crippen LogP contribution < -0.4 is 16.4 Å². The molecule has 2 rings (SSSR count). The molecule has 1 aliphatic rings. The van der Waals surface area contributed by atoms with Gasteiger partial charge in [-0.05, 0) is 33.1 Å². The second-order valence-corrected chi connectivity index (χ2v) is 6.50. The minimum absolute atomic E-state index is 0.214. The number of primary amides is 2. The van der Waals surface area contributed by atoms with Gasteiger partial charge in [0.15, 0.2) is 0 Å². The van der Waals surface area contributed by atoms with Crippen molar-refractivity contribution < 1.29 is 14.3 Å². The number of ether oxygens (including phenoxy) is 1. The summed E-state index contributed by atoms with van der Waals surface area (Å²) in [6.07, 6.45) is 3.50. The van der Waals surface area contributed by atoms with Crippen LogP contribution in [0.4, 0.5) is 10.6 Å². The molecule has 0 unspecified atom stereocenters. The Balaban J connectivity index is 0.000000284. The maximum absolute atomic E-state index is 10.8. The fourth-order valence-electron chi connectivity index (χ4n) is 2.06. The maximum Gasteiger partial charge on any atom is 0.405 e. The van der Waals surface area contributed by atoms with Gasteiger partial charge in [-0.25, -0.2) is 14.8 Å². The van der Waals surface area contributed by atoms with Crippen LogP contribution in [0.2, 0.25) is 0 Å². The van der Waals surface area contributed by atoms with Crippen molar-refractivity contribution in [2.24, 2.45) is 17.4 Å². The van der Waals surface area contributed by atoms with Crippen molar-refractivity contribution in [1.29, 1.82) is 0 Å². The first-order valence-corrected chi connectivity index (χ1v) is 7.43. The number of nitrogens with zero attached hydrogens (tertiary/aromatic N) is 3. The van der Waals surface area contributed by atoms with Gasteiger partial charge in [-0.3, -0.25) is 4.79 Å². The van der Waals surface area contributed by atoms with E-state index in [0.29, 0.717) is 5.92 Å². The van der Waals surface area contributed by atoms with Crippen LogP contribution in [0, 0.1) is 5.92 Å². The standard InChI is InChI=1S/C10H14N4O.C5H11NO2/c1-7-2-3-14(6-7)9-5-12-8(4-13-9)10(11)15;1-5(2,3)8-4(6)7/h4-5,7H,2-3,6H2,1H3,(H2,11,15);1-3H3,(H2,6,7)/t7-;/m1./s1. The summed E-state index contributed by atoms with van der Waals surface area (Å²) in [7, 11) is 0. The summed E-state index contributed by atoms with van der Waals surface area (Å²) in [5.41, 5.74) is 9.56.